The van der Waals surface area contributed by atoms with Crippen LogP contribution in [0, 0.1) is 5.41 Å². The number of allylic oxidation sites excluding steroid dienone is 5. The summed E-state index contributed by atoms with van der Waals surface area (Å²) in [7, 11) is 1.95. The summed E-state index contributed by atoms with van der Waals surface area (Å²) in [5.41, 5.74) is 2.58. The molecule has 0 aromatic heterocycles. The third kappa shape index (κ3) is 4.56. The molecule has 0 saturated carbocycles. The lowest BCUT2D eigenvalue weighted by Gasteiger charge is -2.22. The smallest absolute Gasteiger partial charge is 0.0159 e. The molecule has 1 heteroatoms. The number of rotatable bonds is 3. The first-order valence-corrected chi connectivity index (χ1v) is 4.61. The van der Waals surface area contributed by atoms with Crippen molar-refractivity contribution in [2.45, 2.75) is 27.7 Å². The monoisotopic (exact) mass is 179 g/mol. The van der Waals surface area contributed by atoms with Crippen molar-refractivity contribution >= 4 is 0 Å². The zero-order chi connectivity index (χ0) is 10.5. The van der Waals surface area contributed by atoms with Crippen molar-refractivity contribution < 1.29 is 0 Å². The molecule has 74 valence electrons. The largest absolute Gasteiger partial charge is 0.391 e. The number of hydrogen-bond acceptors (Lipinski definition) is 1. The summed E-state index contributed by atoms with van der Waals surface area (Å²) in [5, 5.41) is 3.20. The van der Waals surface area contributed by atoms with Gasteiger partial charge in [-0.2, -0.15) is 0 Å². The van der Waals surface area contributed by atoms with Crippen molar-refractivity contribution in [1.29, 1.82) is 0 Å². The van der Waals surface area contributed by atoms with Crippen LogP contribution in [0.5, 0.6) is 0 Å². The molecule has 0 bridgehead atoms. The Morgan fingerprint density at radius 1 is 1.23 bits per heavy atom. The van der Waals surface area contributed by atoms with E-state index in [0.29, 0.717) is 0 Å². The van der Waals surface area contributed by atoms with Gasteiger partial charge >= 0.3 is 0 Å². The Kier molecular flexibility index (Phi) is 4.53. The van der Waals surface area contributed by atoms with Gasteiger partial charge in [-0.1, -0.05) is 45.1 Å². The van der Waals surface area contributed by atoms with E-state index in [2.05, 4.69) is 44.8 Å². The fraction of sp³-hybridized carbons (Fsp3) is 0.500. The van der Waals surface area contributed by atoms with Crippen LogP contribution in [0.3, 0.4) is 0 Å². The lowest BCUT2D eigenvalue weighted by molar-refractivity contribution is 0.473. The average molecular weight is 179 g/mol. The van der Waals surface area contributed by atoms with Crippen LogP contribution in [0.1, 0.15) is 27.7 Å². The van der Waals surface area contributed by atoms with E-state index >= 15 is 0 Å². The van der Waals surface area contributed by atoms with Gasteiger partial charge in [0.25, 0.3) is 0 Å². The summed E-state index contributed by atoms with van der Waals surface area (Å²) in [4.78, 5) is 0. The molecule has 0 atom stereocenters. The molecule has 0 rings (SSSR count). The summed E-state index contributed by atoms with van der Waals surface area (Å²) in [5.74, 6) is 0. The third-order valence-electron chi connectivity index (χ3n) is 1.91. The van der Waals surface area contributed by atoms with Crippen LogP contribution in [0.25, 0.3) is 0 Å². The third-order valence-corrected chi connectivity index (χ3v) is 1.91. The standard InChI is InChI=1S/C12H21N/c1-7-10(2)8-9-11(13-6)12(3,4)5/h7-9,13H,1H2,2-6H3/b10-8-,11-9-. The highest BCUT2D eigenvalue weighted by Crippen LogP contribution is 2.22. The zero-order valence-electron chi connectivity index (χ0n) is 9.44. The highest BCUT2D eigenvalue weighted by atomic mass is 14.8. The Labute approximate surface area is 82.2 Å². The zero-order valence-corrected chi connectivity index (χ0v) is 9.44. The molecular weight excluding hydrogens is 158 g/mol. The molecule has 13 heavy (non-hydrogen) atoms. The molecule has 0 radical (unpaired) electrons. The van der Waals surface area contributed by atoms with Gasteiger partial charge in [-0.05, 0) is 13.0 Å². The Bertz CT molecular complexity index is 226. The van der Waals surface area contributed by atoms with Crippen LogP contribution >= 0.6 is 0 Å². The van der Waals surface area contributed by atoms with Crippen LogP contribution in [0.2, 0.25) is 0 Å². The van der Waals surface area contributed by atoms with E-state index < -0.39 is 0 Å². The van der Waals surface area contributed by atoms with Gasteiger partial charge in [-0.3, -0.25) is 0 Å². The molecule has 0 aromatic rings. The molecule has 0 aromatic carbocycles. The van der Waals surface area contributed by atoms with Crippen LogP contribution in [-0.4, -0.2) is 7.05 Å². The second-order valence-electron chi connectivity index (χ2n) is 4.20. The van der Waals surface area contributed by atoms with Crippen LogP contribution in [0.4, 0.5) is 0 Å². The highest BCUT2D eigenvalue weighted by molar-refractivity contribution is 5.24. The highest BCUT2D eigenvalue weighted by Gasteiger charge is 2.14. The average Bonchev–Trinajstić information content (AvgIpc) is 2.02. The molecule has 0 aliphatic carbocycles. The van der Waals surface area contributed by atoms with Gasteiger partial charge in [0.1, 0.15) is 0 Å². The molecule has 1 N–H and O–H groups in total. The first kappa shape index (κ1) is 12.0. The molecule has 1 nitrogen and oxygen atoms in total. The van der Waals surface area contributed by atoms with Crippen molar-refractivity contribution in [1.82, 2.24) is 5.32 Å². The van der Waals surface area contributed by atoms with Crippen molar-refractivity contribution in [3.8, 4) is 0 Å². The van der Waals surface area contributed by atoms with Gasteiger partial charge in [-0.15, -0.1) is 0 Å². The van der Waals surface area contributed by atoms with Gasteiger partial charge in [0, 0.05) is 18.2 Å². The Morgan fingerprint density at radius 2 is 1.77 bits per heavy atom. The summed E-state index contributed by atoms with van der Waals surface area (Å²) >= 11 is 0. The summed E-state index contributed by atoms with van der Waals surface area (Å²) in [6.45, 7) is 12.3. The number of hydrogen-bond donors (Lipinski definition) is 1. The topological polar surface area (TPSA) is 12.0 Å². The van der Waals surface area contributed by atoms with Gasteiger partial charge in [0.2, 0.25) is 0 Å². The maximum absolute atomic E-state index is 3.71. The second-order valence-corrected chi connectivity index (χ2v) is 4.20. The van der Waals surface area contributed by atoms with E-state index in [1.54, 1.807) is 0 Å². The van der Waals surface area contributed by atoms with Gasteiger partial charge in [0.15, 0.2) is 0 Å². The molecule has 0 unspecified atom stereocenters. The minimum Gasteiger partial charge on any atom is -0.391 e. The predicted molar refractivity (Wildman–Crippen MR) is 60.6 cm³/mol. The molecular formula is C12H21N. The van der Waals surface area contributed by atoms with E-state index in [-0.39, 0.29) is 5.41 Å². The lowest BCUT2D eigenvalue weighted by Crippen LogP contribution is -2.20. The summed E-state index contributed by atoms with van der Waals surface area (Å²) in [6, 6.07) is 0. The van der Waals surface area contributed by atoms with E-state index in [4.69, 9.17) is 0 Å². The molecule has 0 saturated heterocycles. The maximum Gasteiger partial charge on any atom is 0.0159 e. The van der Waals surface area contributed by atoms with E-state index in [1.807, 2.05) is 20.0 Å². The molecule has 0 amide bonds. The minimum atomic E-state index is 0.173. The first-order chi connectivity index (χ1) is 5.91. The SMILES string of the molecule is C=C/C(C)=C\C=C(/NC)C(C)(C)C. The van der Waals surface area contributed by atoms with Crippen molar-refractivity contribution in [2.75, 3.05) is 7.05 Å². The first-order valence-electron chi connectivity index (χ1n) is 4.61. The predicted octanol–water partition coefficient (Wildman–Crippen LogP) is 3.27. The summed E-state index contributed by atoms with van der Waals surface area (Å²) in [6.07, 6.45) is 6.04. The molecule has 0 aliphatic heterocycles. The molecule has 0 heterocycles. The molecule has 0 spiro atoms. The minimum absolute atomic E-state index is 0.173. The Balaban J connectivity index is 4.69. The van der Waals surface area contributed by atoms with Crippen molar-refractivity contribution in [2.24, 2.45) is 5.41 Å². The second kappa shape index (κ2) is 4.90. The quantitative estimate of drug-likeness (QED) is 0.656. The van der Waals surface area contributed by atoms with Crippen molar-refractivity contribution in [3.05, 3.63) is 36.1 Å². The Morgan fingerprint density at radius 3 is 2.08 bits per heavy atom. The van der Waals surface area contributed by atoms with Crippen LogP contribution < -0.4 is 5.32 Å². The van der Waals surface area contributed by atoms with Gasteiger partial charge in [0.05, 0.1) is 0 Å². The summed E-state index contributed by atoms with van der Waals surface area (Å²) < 4.78 is 0. The van der Waals surface area contributed by atoms with Crippen LogP contribution in [0.15, 0.2) is 36.1 Å². The Hall–Kier alpha value is -0.980. The van der Waals surface area contributed by atoms with E-state index in [1.165, 1.54) is 11.3 Å². The molecule has 0 aliphatic rings. The number of nitrogens with one attached hydrogen (secondary N) is 1. The van der Waals surface area contributed by atoms with E-state index in [9.17, 15) is 0 Å². The van der Waals surface area contributed by atoms with Crippen molar-refractivity contribution in [3.63, 3.8) is 0 Å². The molecule has 0 fully saturated rings. The fourth-order valence-electron chi connectivity index (χ4n) is 0.991. The van der Waals surface area contributed by atoms with E-state index in [0.717, 1.165) is 0 Å². The van der Waals surface area contributed by atoms with Gasteiger partial charge in [-0.25, -0.2) is 0 Å². The van der Waals surface area contributed by atoms with Crippen LogP contribution in [-0.2, 0) is 0 Å². The van der Waals surface area contributed by atoms with Gasteiger partial charge < -0.3 is 5.32 Å². The lowest BCUT2D eigenvalue weighted by atomic mass is 9.91. The maximum atomic E-state index is 3.71. The fourth-order valence-corrected chi connectivity index (χ4v) is 0.991. The normalized spacial score (nSPS) is 14.2.